The van der Waals surface area contributed by atoms with Gasteiger partial charge < -0.3 is 14.8 Å². The zero-order valence-corrected chi connectivity index (χ0v) is 24.6. The Kier molecular flexibility index (Phi) is 10.8. The van der Waals surface area contributed by atoms with Gasteiger partial charge in [-0.05, 0) is 75.4 Å². The van der Waals surface area contributed by atoms with E-state index in [0.717, 1.165) is 5.56 Å². The van der Waals surface area contributed by atoms with Crippen LogP contribution in [0.5, 0.6) is 11.5 Å². The van der Waals surface area contributed by atoms with Crippen LogP contribution < -0.4 is 20.2 Å². The third-order valence-electron chi connectivity index (χ3n) is 5.35. The molecule has 0 aliphatic heterocycles. The van der Waals surface area contributed by atoms with E-state index in [1.54, 1.807) is 24.3 Å². The highest BCUT2D eigenvalue weighted by molar-refractivity contribution is 9.10. The SMILES string of the molecule is COc1cc(C=NNC(=O)C(NC(=O)c2ccc(Cl)c(Cl)c2)C(C)C)cc(Br)c1OCc1ccc(Cl)cc1. The van der Waals surface area contributed by atoms with Crippen molar-refractivity contribution in [2.24, 2.45) is 11.0 Å². The molecule has 0 heterocycles. The molecule has 38 heavy (non-hydrogen) atoms. The fourth-order valence-corrected chi connectivity index (χ4v) is 4.33. The van der Waals surface area contributed by atoms with Gasteiger partial charge in [0.25, 0.3) is 11.8 Å². The summed E-state index contributed by atoms with van der Waals surface area (Å²) in [6.45, 7) is 3.95. The number of benzene rings is 3. The molecule has 0 spiro atoms. The minimum atomic E-state index is -0.834. The van der Waals surface area contributed by atoms with E-state index in [9.17, 15) is 9.59 Å². The molecule has 0 saturated heterocycles. The predicted molar refractivity (Wildman–Crippen MR) is 155 cm³/mol. The third kappa shape index (κ3) is 8.11. The maximum absolute atomic E-state index is 12.8. The number of nitrogens with zero attached hydrogens (tertiary/aromatic N) is 1. The second kappa shape index (κ2) is 13.8. The van der Waals surface area contributed by atoms with E-state index in [1.165, 1.54) is 31.5 Å². The second-order valence-electron chi connectivity index (χ2n) is 8.51. The van der Waals surface area contributed by atoms with Gasteiger partial charge in [-0.2, -0.15) is 5.10 Å². The molecular weight excluding hydrogens is 617 g/mol. The van der Waals surface area contributed by atoms with E-state index in [0.29, 0.717) is 38.2 Å². The van der Waals surface area contributed by atoms with Gasteiger partial charge in [0.15, 0.2) is 11.5 Å². The van der Waals surface area contributed by atoms with E-state index in [4.69, 9.17) is 44.3 Å². The highest BCUT2D eigenvalue weighted by Gasteiger charge is 2.25. The number of hydrogen-bond acceptors (Lipinski definition) is 5. The first-order valence-corrected chi connectivity index (χ1v) is 13.3. The van der Waals surface area contributed by atoms with Crippen molar-refractivity contribution in [1.29, 1.82) is 0 Å². The summed E-state index contributed by atoms with van der Waals surface area (Å²) >= 11 is 21.4. The van der Waals surface area contributed by atoms with E-state index in [2.05, 4.69) is 31.8 Å². The molecule has 0 saturated carbocycles. The Morgan fingerprint density at radius 2 is 1.74 bits per heavy atom. The van der Waals surface area contributed by atoms with Gasteiger partial charge in [-0.3, -0.25) is 9.59 Å². The monoisotopic (exact) mass is 639 g/mol. The lowest BCUT2D eigenvalue weighted by atomic mass is 10.0. The molecule has 200 valence electrons. The molecule has 7 nitrogen and oxygen atoms in total. The van der Waals surface area contributed by atoms with Gasteiger partial charge in [0, 0.05) is 10.6 Å². The summed E-state index contributed by atoms with van der Waals surface area (Å²) in [5, 5.41) is 8.00. The number of methoxy groups -OCH3 is 1. The third-order valence-corrected chi connectivity index (χ3v) is 6.93. The molecule has 11 heteroatoms. The summed E-state index contributed by atoms with van der Waals surface area (Å²) in [5.74, 6) is -0.130. The summed E-state index contributed by atoms with van der Waals surface area (Å²) in [4.78, 5) is 25.5. The van der Waals surface area contributed by atoms with Gasteiger partial charge in [0.05, 0.1) is 27.8 Å². The number of rotatable bonds is 10. The van der Waals surface area contributed by atoms with Crippen LogP contribution in [-0.4, -0.2) is 31.2 Å². The van der Waals surface area contributed by atoms with Crippen LogP contribution in [0.4, 0.5) is 0 Å². The zero-order valence-electron chi connectivity index (χ0n) is 20.7. The molecule has 0 aliphatic rings. The first-order chi connectivity index (χ1) is 18.1. The van der Waals surface area contributed by atoms with Crippen LogP contribution in [0.15, 0.2) is 64.2 Å². The van der Waals surface area contributed by atoms with Crippen molar-refractivity contribution in [3.05, 3.63) is 90.8 Å². The number of carbonyl (C=O) groups is 2. The number of carbonyl (C=O) groups excluding carboxylic acids is 2. The molecule has 0 bridgehead atoms. The molecule has 0 aliphatic carbocycles. The second-order valence-corrected chi connectivity index (χ2v) is 10.6. The van der Waals surface area contributed by atoms with Crippen LogP contribution in [-0.2, 0) is 11.4 Å². The summed E-state index contributed by atoms with van der Waals surface area (Å²) in [7, 11) is 1.53. The van der Waals surface area contributed by atoms with Gasteiger partial charge in [-0.1, -0.05) is 60.8 Å². The minimum Gasteiger partial charge on any atom is -0.493 e. The molecule has 1 atom stereocenters. The predicted octanol–water partition coefficient (Wildman–Crippen LogP) is 6.90. The number of hydrazone groups is 1. The fraction of sp³-hybridized carbons (Fsp3) is 0.222. The van der Waals surface area contributed by atoms with Crippen molar-refractivity contribution in [2.75, 3.05) is 7.11 Å². The minimum absolute atomic E-state index is 0.205. The lowest BCUT2D eigenvalue weighted by molar-refractivity contribution is -0.123. The average Bonchev–Trinajstić information content (AvgIpc) is 2.88. The molecular formula is C27H25BrCl3N3O4. The maximum Gasteiger partial charge on any atom is 0.262 e. The molecule has 0 fully saturated rings. The highest BCUT2D eigenvalue weighted by atomic mass is 79.9. The van der Waals surface area contributed by atoms with Crippen LogP contribution >= 0.6 is 50.7 Å². The Morgan fingerprint density at radius 3 is 2.37 bits per heavy atom. The summed E-state index contributed by atoms with van der Waals surface area (Å²) in [5.41, 5.74) is 4.37. The van der Waals surface area contributed by atoms with Crippen molar-refractivity contribution in [3.8, 4) is 11.5 Å². The maximum atomic E-state index is 12.8. The Bertz CT molecular complexity index is 1330. The first kappa shape index (κ1) is 29.8. The van der Waals surface area contributed by atoms with E-state index >= 15 is 0 Å². The van der Waals surface area contributed by atoms with E-state index in [1.807, 2.05) is 26.0 Å². The van der Waals surface area contributed by atoms with Gasteiger partial charge in [-0.25, -0.2) is 5.43 Å². The highest BCUT2D eigenvalue weighted by Crippen LogP contribution is 2.37. The Balaban J connectivity index is 1.66. The number of amides is 2. The lowest BCUT2D eigenvalue weighted by Crippen LogP contribution is -2.48. The lowest BCUT2D eigenvalue weighted by Gasteiger charge is -2.20. The normalized spacial score (nSPS) is 11.9. The molecule has 3 aromatic rings. The molecule has 3 rings (SSSR count). The standard InChI is InChI=1S/C27H25BrCl3N3O4/c1-15(2)24(33-26(35)18-6-9-21(30)22(31)12-18)27(36)34-32-13-17-10-20(28)25(23(11-17)37-3)38-14-16-4-7-19(29)8-5-16/h4-13,15,24H,14H2,1-3H3,(H,33,35)(H,34,36). The number of halogens is 4. The summed E-state index contributed by atoms with van der Waals surface area (Å²) in [6, 6.07) is 14.5. The number of nitrogens with one attached hydrogen (secondary N) is 2. The quantitative estimate of drug-likeness (QED) is 0.186. The number of ether oxygens (including phenoxy) is 2. The zero-order chi connectivity index (χ0) is 27.8. The van der Waals surface area contributed by atoms with Crippen molar-refractivity contribution < 1.29 is 19.1 Å². The van der Waals surface area contributed by atoms with Gasteiger partial charge >= 0.3 is 0 Å². The van der Waals surface area contributed by atoms with Crippen molar-refractivity contribution in [1.82, 2.24) is 10.7 Å². The van der Waals surface area contributed by atoms with Gasteiger partial charge in [-0.15, -0.1) is 0 Å². The molecule has 0 aromatic heterocycles. The summed E-state index contributed by atoms with van der Waals surface area (Å²) in [6.07, 6.45) is 1.46. The first-order valence-electron chi connectivity index (χ1n) is 11.4. The molecule has 2 N–H and O–H groups in total. The molecule has 1 unspecified atom stereocenters. The smallest absolute Gasteiger partial charge is 0.262 e. The number of hydrogen-bond donors (Lipinski definition) is 2. The van der Waals surface area contributed by atoms with Crippen LogP contribution in [0.1, 0.15) is 35.3 Å². The van der Waals surface area contributed by atoms with Crippen LogP contribution in [0.3, 0.4) is 0 Å². The Labute approximate surface area is 244 Å². The average molecular weight is 642 g/mol. The van der Waals surface area contributed by atoms with E-state index in [-0.39, 0.29) is 16.5 Å². The van der Waals surface area contributed by atoms with Gasteiger partial charge in [0.1, 0.15) is 12.6 Å². The fourth-order valence-electron chi connectivity index (χ4n) is 3.33. The van der Waals surface area contributed by atoms with Crippen LogP contribution in [0.25, 0.3) is 0 Å². The van der Waals surface area contributed by atoms with E-state index < -0.39 is 17.9 Å². The summed E-state index contributed by atoms with van der Waals surface area (Å²) < 4.78 is 12.1. The van der Waals surface area contributed by atoms with Crippen molar-refractivity contribution in [2.45, 2.75) is 26.5 Å². The molecule has 2 amide bonds. The Morgan fingerprint density at radius 1 is 1.03 bits per heavy atom. The topological polar surface area (TPSA) is 89.0 Å². The van der Waals surface area contributed by atoms with Crippen LogP contribution in [0, 0.1) is 5.92 Å². The molecule has 0 radical (unpaired) electrons. The largest absolute Gasteiger partial charge is 0.493 e. The molecule has 3 aromatic carbocycles. The van der Waals surface area contributed by atoms with Gasteiger partial charge in [0.2, 0.25) is 0 Å². The van der Waals surface area contributed by atoms with Crippen molar-refractivity contribution >= 4 is 68.8 Å². The Hall–Kier alpha value is -2.78. The van der Waals surface area contributed by atoms with Crippen molar-refractivity contribution in [3.63, 3.8) is 0 Å². The van der Waals surface area contributed by atoms with Crippen LogP contribution in [0.2, 0.25) is 15.1 Å².